The fourth-order valence-corrected chi connectivity index (χ4v) is 1.30. The van der Waals surface area contributed by atoms with E-state index in [9.17, 15) is 22.8 Å². The fraction of sp³-hybridized carbons (Fsp3) is 0.400. The third kappa shape index (κ3) is 3.79. The van der Waals surface area contributed by atoms with Crippen LogP contribution in [-0.4, -0.2) is 24.4 Å². The number of aromatic amines is 1. The molecule has 0 saturated heterocycles. The summed E-state index contributed by atoms with van der Waals surface area (Å²) in [6.45, 7) is 1.36. The van der Waals surface area contributed by atoms with Gasteiger partial charge in [-0.15, -0.1) is 13.2 Å². The normalized spacial score (nSPS) is 11.2. The maximum absolute atomic E-state index is 12.0. The summed E-state index contributed by atoms with van der Waals surface area (Å²) in [5.41, 5.74) is -0.570. The number of alkyl halides is 3. The van der Waals surface area contributed by atoms with E-state index < -0.39 is 23.6 Å². The van der Waals surface area contributed by atoms with Crippen molar-refractivity contribution in [3.05, 3.63) is 27.5 Å². The van der Waals surface area contributed by atoms with Crippen molar-refractivity contribution >= 4 is 5.97 Å². The van der Waals surface area contributed by atoms with Gasteiger partial charge in [-0.05, 0) is 6.92 Å². The highest BCUT2D eigenvalue weighted by Crippen LogP contribution is 2.20. The number of pyridine rings is 1. The van der Waals surface area contributed by atoms with Gasteiger partial charge in [0, 0.05) is 17.3 Å². The molecule has 0 bridgehead atoms. The van der Waals surface area contributed by atoms with Crippen molar-refractivity contribution in [1.82, 2.24) is 4.98 Å². The number of nitrogens with one attached hydrogen (secondary N) is 1. The number of halogens is 3. The Bertz CT molecular complexity index is 507. The average molecular weight is 265 g/mol. The van der Waals surface area contributed by atoms with Crippen LogP contribution in [0.25, 0.3) is 0 Å². The summed E-state index contributed by atoms with van der Waals surface area (Å²) in [5, 5.41) is 0. The van der Waals surface area contributed by atoms with Gasteiger partial charge in [-0.25, -0.2) is 0 Å². The van der Waals surface area contributed by atoms with Crippen molar-refractivity contribution in [2.24, 2.45) is 0 Å². The summed E-state index contributed by atoms with van der Waals surface area (Å²) in [7, 11) is 1.15. The minimum absolute atomic E-state index is 0.0383. The fourth-order valence-electron chi connectivity index (χ4n) is 1.30. The van der Waals surface area contributed by atoms with E-state index in [1.165, 1.54) is 6.92 Å². The van der Waals surface area contributed by atoms with Crippen molar-refractivity contribution in [3.63, 3.8) is 0 Å². The lowest BCUT2D eigenvalue weighted by Crippen LogP contribution is -2.22. The summed E-state index contributed by atoms with van der Waals surface area (Å²) in [6, 6.07) is 0.638. The van der Waals surface area contributed by atoms with E-state index in [2.05, 4.69) is 14.5 Å². The lowest BCUT2D eigenvalue weighted by molar-refractivity contribution is -0.276. The van der Waals surface area contributed by atoms with Crippen molar-refractivity contribution in [3.8, 4) is 5.88 Å². The number of carbonyl (C=O) groups is 1. The number of esters is 1. The zero-order chi connectivity index (χ0) is 13.9. The van der Waals surface area contributed by atoms with Gasteiger partial charge in [0.05, 0.1) is 13.5 Å². The van der Waals surface area contributed by atoms with Gasteiger partial charge in [0.1, 0.15) is 0 Å². The summed E-state index contributed by atoms with van der Waals surface area (Å²) >= 11 is 0. The van der Waals surface area contributed by atoms with Crippen molar-refractivity contribution < 1.29 is 27.4 Å². The van der Waals surface area contributed by atoms with Gasteiger partial charge in [0.2, 0.25) is 5.88 Å². The lowest BCUT2D eigenvalue weighted by Gasteiger charge is -2.11. The van der Waals surface area contributed by atoms with Crippen LogP contribution in [0.5, 0.6) is 5.88 Å². The predicted molar refractivity (Wildman–Crippen MR) is 54.2 cm³/mol. The molecule has 8 heteroatoms. The van der Waals surface area contributed by atoms with Gasteiger partial charge in [-0.3, -0.25) is 9.59 Å². The third-order valence-corrected chi connectivity index (χ3v) is 2.10. The summed E-state index contributed by atoms with van der Waals surface area (Å²) < 4.78 is 43.8. The SMILES string of the molecule is COC(=O)Cc1c(C)[nH]c(OC(F)(F)F)cc1=O. The summed E-state index contributed by atoms with van der Waals surface area (Å²) in [6.07, 6.45) is -5.21. The van der Waals surface area contributed by atoms with Crippen LogP contribution < -0.4 is 10.2 Å². The molecule has 5 nitrogen and oxygen atoms in total. The first kappa shape index (κ1) is 14.1. The zero-order valence-electron chi connectivity index (χ0n) is 9.55. The summed E-state index contributed by atoms with van der Waals surface area (Å²) in [5.74, 6) is -1.38. The number of hydrogen-bond donors (Lipinski definition) is 1. The number of ether oxygens (including phenoxy) is 2. The smallest absolute Gasteiger partial charge is 0.469 e. The van der Waals surface area contributed by atoms with Gasteiger partial charge in [0.25, 0.3) is 0 Å². The van der Waals surface area contributed by atoms with Crippen LogP contribution in [0.2, 0.25) is 0 Å². The quantitative estimate of drug-likeness (QED) is 0.836. The van der Waals surface area contributed by atoms with E-state index >= 15 is 0 Å². The van der Waals surface area contributed by atoms with E-state index in [1.807, 2.05) is 0 Å². The van der Waals surface area contributed by atoms with Gasteiger partial charge >= 0.3 is 12.3 Å². The maximum atomic E-state index is 12.0. The number of aromatic nitrogens is 1. The van der Waals surface area contributed by atoms with Crippen LogP contribution in [-0.2, 0) is 16.0 Å². The first-order chi connectivity index (χ1) is 8.23. The molecule has 0 fully saturated rings. The van der Waals surface area contributed by atoms with Crippen LogP contribution >= 0.6 is 0 Å². The molecule has 0 spiro atoms. The molecule has 0 aromatic carbocycles. The predicted octanol–water partition coefficient (Wildman–Crippen LogP) is 1.30. The molecule has 1 rings (SSSR count). The molecule has 18 heavy (non-hydrogen) atoms. The molecule has 0 saturated carbocycles. The Balaban J connectivity index is 3.05. The Morgan fingerprint density at radius 3 is 2.50 bits per heavy atom. The Labute approximate surface area is 99.5 Å². The van der Waals surface area contributed by atoms with Crippen LogP contribution in [0.4, 0.5) is 13.2 Å². The minimum atomic E-state index is -4.89. The molecule has 1 N–H and O–H groups in total. The molecule has 0 unspecified atom stereocenters. The lowest BCUT2D eigenvalue weighted by atomic mass is 10.1. The molecule has 100 valence electrons. The number of aryl methyl sites for hydroxylation is 1. The average Bonchev–Trinajstić information content (AvgIpc) is 2.20. The molecule has 1 aromatic rings. The van der Waals surface area contributed by atoms with E-state index in [4.69, 9.17) is 0 Å². The van der Waals surface area contributed by atoms with E-state index in [1.54, 1.807) is 0 Å². The molecular formula is C10H10F3NO4. The first-order valence-corrected chi connectivity index (χ1v) is 4.78. The highest BCUT2D eigenvalue weighted by Gasteiger charge is 2.32. The number of rotatable bonds is 3. The van der Waals surface area contributed by atoms with Crippen LogP contribution in [0.1, 0.15) is 11.3 Å². The van der Waals surface area contributed by atoms with Crippen molar-refractivity contribution in [2.45, 2.75) is 19.7 Å². The third-order valence-electron chi connectivity index (χ3n) is 2.10. The van der Waals surface area contributed by atoms with Crippen LogP contribution in [0, 0.1) is 6.92 Å². The van der Waals surface area contributed by atoms with E-state index in [-0.39, 0.29) is 17.7 Å². The Hall–Kier alpha value is -1.99. The van der Waals surface area contributed by atoms with E-state index in [0.29, 0.717) is 6.07 Å². The van der Waals surface area contributed by atoms with Crippen LogP contribution in [0.15, 0.2) is 10.9 Å². The largest absolute Gasteiger partial charge is 0.574 e. The summed E-state index contributed by atoms with van der Waals surface area (Å²) in [4.78, 5) is 24.8. The topological polar surface area (TPSA) is 68.4 Å². The standard InChI is InChI=1S/C10H10F3NO4/c1-5-6(3-9(16)17-2)7(15)4-8(14-5)18-10(11,12)13/h4H,3H2,1-2H3,(H,14,15). The number of hydrogen-bond acceptors (Lipinski definition) is 4. The molecule has 1 heterocycles. The second-order valence-electron chi connectivity index (χ2n) is 3.40. The van der Waals surface area contributed by atoms with Crippen molar-refractivity contribution in [2.75, 3.05) is 7.11 Å². The number of carbonyl (C=O) groups excluding carboxylic acids is 1. The Morgan fingerprint density at radius 1 is 1.44 bits per heavy atom. The zero-order valence-corrected chi connectivity index (χ0v) is 9.55. The molecule has 0 radical (unpaired) electrons. The second kappa shape index (κ2) is 5.11. The van der Waals surface area contributed by atoms with Gasteiger partial charge in [-0.1, -0.05) is 0 Å². The molecule has 1 aromatic heterocycles. The highest BCUT2D eigenvalue weighted by atomic mass is 19.4. The van der Waals surface area contributed by atoms with E-state index in [0.717, 1.165) is 7.11 Å². The number of H-pyrrole nitrogens is 1. The molecule has 0 aliphatic rings. The molecule has 0 atom stereocenters. The monoisotopic (exact) mass is 265 g/mol. The van der Waals surface area contributed by atoms with Crippen LogP contribution in [0.3, 0.4) is 0 Å². The van der Waals surface area contributed by atoms with Gasteiger partial charge in [0.15, 0.2) is 5.43 Å². The molecule has 0 aliphatic carbocycles. The highest BCUT2D eigenvalue weighted by molar-refractivity contribution is 5.72. The Kier molecular flexibility index (Phi) is 4.00. The number of methoxy groups -OCH3 is 1. The maximum Gasteiger partial charge on any atom is 0.574 e. The minimum Gasteiger partial charge on any atom is -0.469 e. The Morgan fingerprint density at radius 2 is 2.06 bits per heavy atom. The van der Waals surface area contributed by atoms with Crippen molar-refractivity contribution in [1.29, 1.82) is 0 Å². The van der Waals surface area contributed by atoms with Gasteiger partial charge < -0.3 is 14.5 Å². The first-order valence-electron chi connectivity index (χ1n) is 4.78. The second-order valence-corrected chi connectivity index (χ2v) is 3.40. The van der Waals surface area contributed by atoms with Gasteiger partial charge in [-0.2, -0.15) is 0 Å². The molecule has 0 amide bonds. The molecular weight excluding hydrogens is 255 g/mol. The molecule has 0 aliphatic heterocycles.